The molecule has 5 atom stereocenters. The normalized spacial score (nSPS) is 30.3. The summed E-state index contributed by atoms with van der Waals surface area (Å²) in [4.78, 5) is 27.1. The maximum Gasteiger partial charge on any atom is 0.456 e. The molecule has 4 aliphatic rings. The second kappa shape index (κ2) is 10.6. The Bertz CT molecular complexity index is 1530. The summed E-state index contributed by atoms with van der Waals surface area (Å²) in [7, 11) is 1.70. The van der Waals surface area contributed by atoms with E-state index in [9.17, 15) is 27.9 Å². The third kappa shape index (κ3) is 4.65. The highest BCUT2D eigenvalue weighted by atomic mass is 19.4. The van der Waals surface area contributed by atoms with Crippen molar-refractivity contribution in [1.82, 2.24) is 4.90 Å². The van der Waals surface area contributed by atoms with E-state index in [0.717, 1.165) is 22.3 Å². The number of rotatable bonds is 5. The molecule has 0 aliphatic heterocycles. The monoisotopic (exact) mass is 613 g/mol. The predicted octanol–water partition coefficient (Wildman–Crippen LogP) is 7.79. The van der Waals surface area contributed by atoms with Crippen LogP contribution in [-0.4, -0.2) is 46.4 Å². The first kappa shape index (κ1) is 30.7. The summed E-state index contributed by atoms with van der Waals surface area (Å²) in [6.45, 7) is 1.81. The smallest absolute Gasteiger partial charge is 0.383 e. The summed E-state index contributed by atoms with van der Waals surface area (Å²) in [5.41, 5.74) is 0.0385. The summed E-state index contributed by atoms with van der Waals surface area (Å²) in [5.74, 6) is -6.87. The van der Waals surface area contributed by atoms with E-state index in [0.29, 0.717) is 43.4 Å². The van der Waals surface area contributed by atoms with Crippen molar-refractivity contribution >= 4 is 11.7 Å². The van der Waals surface area contributed by atoms with Gasteiger partial charge in [0.05, 0.1) is 0 Å². The minimum absolute atomic E-state index is 0.0301. The molecule has 9 heteroatoms. The van der Waals surface area contributed by atoms with Gasteiger partial charge in [-0.2, -0.15) is 22.0 Å². The zero-order chi connectivity index (χ0) is 31.7. The number of halogens is 5. The third-order valence-corrected chi connectivity index (χ3v) is 10.9. The van der Waals surface area contributed by atoms with Gasteiger partial charge >= 0.3 is 12.1 Å². The van der Waals surface area contributed by atoms with E-state index < -0.39 is 41.4 Å². The SMILES string of the molecule is CN(Cc1ccccc1)C(=O)c1ccc([C@H]2C[C@@]3(C)C(CC[C@]3(O)C(F)(F)C(F)(F)F)C3CCC4=CC(=O)CCC4=C32)cc1. The Kier molecular flexibility index (Phi) is 7.42. The second-order valence-corrected chi connectivity index (χ2v) is 13.2. The van der Waals surface area contributed by atoms with Gasteiger partial charge in [-0.05, 0) is 90.8 Å². The van der Waals surface area contributed by atoms with Crippen molar-refractivity contribution in [2.45, 2.75) is 82.0 Å². The minimum Gasteiger partial charge on any atom is -0.383 e. The zero-order valence-electron chi connectivity index (χ0n) is 24.8. The van der Waals surface area contributed by atoms with E-state index in [4.69, 9.17) is 0 Å². The molecule has 0 heterocycles. The average molecular weight is 614 g/mol. The van der Waals surface area contributed by atoms with Crippen LogP contribution in [0.4, 0.5) is 22.0 Å². The van der Waals surface area contributed by atoms with E-state index in [-0.39, 0.29) is 30.4 Å². The molecule has 2 aromatic rings. The van der Waals surface area contributed by atoms with E-state index in [1.165, 1.54) is 6.92 Å². The number of nitrogens with zero attached hydrogens (tertiary/aromatic N) is 1. The maximum absolute atomic E-state index is 15.2. The first-order valence-electron chi connectivity index (χ1n) is 15.2. The van der Waals surface area contributed by atoms with Crippen LogP contribution in [0.1, 0.15) is 79.3 Å². The van der Waals surface area contributed by atoms with Crippen LogP contribution in [0, 0.1) is 17.3 Å². The van der Waals surface area contributed by atoms with Gasteiger partial charge < -0.3 is 10.0 Å². The van der Waals surface area contributed by atoms with E-state index in [1.807, 2.05) is 30.3 Å². The lowest BCUT2D eigenvalue weighted by Gasteiger charge is -2.56. The highest BCUT2D eigenvalue weighted by molar-refractivity contribution is 5.94. The molecular formula is C35H36F5NO3. The summed E-state index contributed by atoms with van der Waals surface area (Å²) < 4.78 is 71.8. The standard InChI is InChI=1S/C35H36F5NO3/c1-32-19-28(22-8-10-23(11-9-22)31(43)41(2)20-21-6-4-3-5-7-21)30-26-15-13-25(42)18-24(26)12-14-27(30)29(32)16-17-33(32,44)34(36,37)35(38,39)40/h3-11,18,27-29,44H,12-17,19-20H2,1-2H3/t27?,28-,29?,32+,33-/m1/s1. The molecule has 1 N–H and O–H groups in total. The van der Waals surface area contributed by atoms with Crippen LogP contribution >= 0.6 is 0 Å². The number of ketones is 1. The molecule has 44 heavy (non-hydrogen) atoms. The largest absolute Gasteiger partial charge is 0.456 e. The van der Waals surface area contributed by atoms with Crippen LogP contribution in [0.15, 0.2) is 77.4 Å². The molecule has 6 rings (SSSR count). The fraction of sp³-hybridized carbons (Fsp3) is 0.486. The lowest BCUT2D eigenvalue weighted by Crippen LogP contribution is -2.65. The van der Waals surface area contributed by atoms with Gasteiger partial charge in [0.25, 0.3) is 5.91 Å². The van der Waals surface area contributed by atoms with Crippen molar-refractivity contribution in [3.05, 3.63) is 94.1 Å². The van der Waals surface area contributed by atoms with Crippen molar-refractivity contribution in [2.75, 3.05) is 7.05 Å². The Balaban J connectivity index is 1.40. The van der Waals surface area contributed by atoms with Crippen molar-refractivity contribution < 1.29 is 36.6 Å². The number of aliphatic hydroxyl groups is 1. The predicted molar refractivity (Wildman–Crippen MR) is 155 cm³/mol. The van der Waals surface area contributed by atoms with Crippen LogP contribution in [0.2, 0.25) is 0 Å². The third-order valence-electron chi connectivity index (χ3n) is 10.9. The number of hydrogen-bond acceptors (Lipinski definition) is 3. The quantitative estimate of drug-likeness (QED) is 0.351. The van der Waals surface area contributed by atoms with Gasteiger partial charge in [-0.15, -0.1) is 0 Å². The fourth-order valence-electron chi connectivity index (χ4n) is 8.72. The second-order valence-electron chi connectivity index (χ2n) is 13.2. The highest BCUT2D eigenvalue weighted by Crippen LogP contribution is 2.70. The molecule has 234 valence electrons. The van der Waals surface area contributed by atoms with E-state index in [1.54, 1.807) is 42.3 Å². The van der Waals surface area contributed by atoms with Gasteiger partial charge in [-0.3, -0.25) is 9.59 Å². The summed E-state index contributed by atoms with van der Waals surface area (Å²) in [6, 6.07) is 16.4. The van der Waals surface area contributed by atoms with Crippen LogP contribution in [0.5, 0.6) is 0 Å². The average Bonchev–Trinajstić information content (AvgIpc) is 3.27. The number of fused-ring (bicyclic) bond motifs is 4. The van der Waals surface area contributed by atoms with Crippen molar-refractivity contribution in [2.24, 2.45) is 17.3 Å². The highest BCUT2D eigenvalue weighted by Gasteiger charge is 2.79. The van der Waals surface area contributed by atoms with Crippen LogP contribution in [0.3, 0.4) is 0 Å². The van der Waals surface area contributed by atoms with Gasteiger partial charge in [0.2, 0.25) is 0 Å². The molecule has 2 fully saturated rings. The number of carbonyl (C=O) groups excluding carboxylic acids is 2. The van der Waals surface area contributed by atoms with Crippen molar-refractivity contribution in [1.29, 1.82) is 0 Å². The molecule has 0 radical (unpaired) electrons. The number of allylic oxidation sites excluding steroid dienone is 4. The Labute approximate surface area is 253 Å². The molecule has 2 unspecified atom stereocenters. The maximum atomic E-state index is 15.2. The molecule has 4 aliphatic carbocycles. The first-order valence-corrected chi connectivity index (χ1v) is 15.2. The van der Waals surface area contributed by atoms with Gasteiger partial charge in [0, 0.05) is 36.9 Å². The fourth-order valence-corrected chi connectivity index (χ4v) is 8.72. The van der Waals surface area contributed by atoms with E-state index in [2.05, 4.69) is 0 Å². The Hall–Kier alpha value is -3.33. The summed E-state index contributed by atoms with van der Waals surface area (Å²) in [6.07, 6.45) is -3.04. The number of hydrogen-bond donors (Lipinski definition) is 1. The lowest BCUT2D eigenvalue weighted by molar-refractivity contribution is -0.362. The van der Waals surface area contributed by atoms with Crippen molar-refractivity contribution in [3.63, 3.8) is 0 Å². The van der Waals surface area contributed by atoms with Gasteiger partial charge in [0.15, 0.2) is 5.78 Å². The molecule has 1 amide bonds. The van der Waals surface area contributed by atoms with Crippen LogP contribution in [-0.2, 0) is 11.3 Å². The molecular weight excluding hydrogens is 577 g/mol. The summed E-state index contributed by atoms with van der Waals surface area (Å²) in [5, 5.41) is 11.4. The van der Waals surface area contributed by atoms with E-state index >= 15 is 8.78 Å². The first-order chi connectivity index (χ1) is 20.7. The number of carbonyl (C=O) groups is 2. The van der Waals surface area contributed by atoms with Crippen molar-refractivity contribution in [3.8, 4) is 0 Å². The number of amides is 1. The minimum atomic E-state index is -5.89. The molecule has 4 nitrogen and oxygen atoms in total. The zero-order valence-corrected chi connectivity index (χ0v) is 24.8. The topological polar surface area (TPSA) is 57.6 Å². The number of alkyl halides is 5. The van der Waals surface area contributed by atoms with Gasteiger partial charge in [0.1, 0.15) is 5.60 Å². The van der Waals surface area contributed by atoms with Crippen LogP contribution < -0.4 is 0 Å². The lowest BCUT2D eigenvalue weighted by atomic mass is 9.50. The molecule has 0 spiro atoms. The molecule has 0 aromatic heterocycles. The number of benzene rings is 2. The Morgan fingerprint density at radius 3 is 2.32 bits per heavy atom. The summed E-state index contributed by atoms with van der Waals surface area (Å²) >= 11 is 0. The van der Waals surface area contributed by atoms with Gasteiger partial charge in [-0.1, -0.05) is 55.0 Å². The molecule has 0 bridgehead atoms. The molecule has 2 saturated carbocycles. The van der Waals surface area contributed by atoms with Gasteiger partial charge in [-0.25, -0.2) is 0 Å². The Morgan fingerprint density at radius 1 is 0.977 bits per heavy atom. The molecule has 2 aromatic carbocycles. The van der Waals surface area contributed by atoms with Crippen LogP contribution in [0.25, 0.3) is 0 Å². The Morgan fingerprint density at radius 2 is 1.66 bits per heavy atom. The molecule has 0 saturated heterocycles.